The van der Waals surface area contributed by atoms with Crippen molar-refractivity contribution in [3.63, 3.8) is 0 Å². The smallest absolute Gasteiger partial charge is 0.315 e. The van der Waals surface area contributed by atoms with Gasteiger partial charge in [-0.25, -0.2) is 0 Å². The van der Waals surface area contributed by atoms with Gasteiger partial charge in [0.15, 0.2) is 23.0 Å². The molecule has 9 heteroatoms. The average Bonchev–Trinajstić information content (AvgIpc) is 2.81. The molecule has 164 valence electrons. The van der Waals surface area contributed by atoms with Gasteiger partial charge in [-0.15, -0.1) is 11.8 Å². The second-order valence-electron chi connectivity index (χ2n) is 7.03. The topological polar surface area (TPSA) is 83.5 Å². The van der Waals surface area contributed by atoms with Gasteiger partial charge in [-0.1, -0.05) is 0 Å². The van der Waals surface area contributed by atoms with Crippen molar-refractivity contribution >= 4 is 23.6 Å². The zero-order valence-electron chi connectivity index (χ0n) is 17.9. The van der Waals surface area contributed by atoms with E-state index >= 15 is 0 Å². The highest BCUT2D eigenvalue weighted by Gasteiger charge is 2.48. The van der Waals surface area contributed by atoms with Crippen molar-refractivity contribution in [2.45, 2.75) is 16.9 Å². The van der Waals surface area contributed by atoms with E-state index in [9.17, 15) is 9.59 Å². The number of fused-ring (bicyclic) bond motifs is 4. The molecule has 0 saturated heterocycles. The van der Waals surface area contributed by atoms with E-state index in [4.69, 9.17) is 23.7 Å². The van der Waals surface area contributed by atoms with Gasteiger partial charge in [0.05, 0.1) is 47.5 Å². The molecule has 2 atom stereocenters. The van der Waals surface area contributed by atoms with Crippen LogP contribution < -0.4 is 18.9 Å². The first-order valence-electron chi connectivity index (χ1n) is 9.52. The van der Waals surface area contributed by atoms with Crippen LogP contribution in [0.15, 0.2) is 29.2 Å². The van der Waals surface area contributed by atoms with Crippen LogP contribution in [0.4, 0.5) is 0 Å². The predicted octanol–water partition coefficient (Wildman–Crippen LogP) is 3.24. The second kappa shape index (κ2) is 8.22. The fraction of sp³-hybridized carbons (Fsp3) is 0.364. The number of nitrogens with zero attached hydrogens (tertiary/aromatic N) is 1. The molecule has 0 aliphatic carbocycles. The summed E-state index contributed by atoms with van der Waals surface area (Å²) >= 11 is 1.50. The molecule has 2 aliphatic heterocycles. The Morgan fingerprint density at radius 2 is 1.42 bits per heavy atom. The summed E-state index contributed by atoms with van der Waals surface area (Å²) in [7, 11) is 7.48. The van der Waals surface area contributed by atoms with Crippen molar-refractivity contribution in [1.29, 1.82) is 0 Å². The van der Waals surface area contributed by atoms with Crippen LogP contribution in [-0.2, 0) is 9.53 Å². The normalized spacial score (nSPS) is 19.0. The summed E-state index contributed by atoms with van der Waals surface area (Å²) in [5.41, 5.74) is 1.75. The van der Waals surface area contributed by atoms with E-state index in [1.54, 1.807) is 31.3 Å². The Kier molecular flexibility index (Phi) is 5.62. The summed E-state index contributed by atoms with van der Waals surface area (Å²) in [5, 5.41) is 0. The Morgan fingerprint density at radius 3 is 2.00 bits per heavy atom. The summed E-state index contributed by atoms with van der Waals surface area (Å²) in [5.74, 6) is 0.992. The maximum absolute atomic E-state index is 13.5. The fourth-order valence-electron chi connectivity index (χ4n) is 4.21. The molecule has 8 nitrogen and oxygen atoms in total. The number of methoxy groups -OCH3 is 5. The van der Waals surface area contributed by atoms with Crippen molar-refractivity contribution in [2.75, 3.05) is 41.4 Å². The number of rotatable bonds is 5. The van der Waals surface area contributed by atoms with Crippen molar-refractivity contribution in [3.8, 4) is 23.0 Å². The highest BCUT2D eigenvalue weighted by atomic mass is 32.2. The highest BCUT2D eigenvalue weighted by molar-refractivity contribution is 7.99. The lowest BCUT2D eigenvalue weighted by atomic mass is 9.79. The van der Waals surface area contributed by atoms with E-state index in [-0.39, 0.29) is 5.91 Å². The summed E-state index contributed by atoms with van der Waals surface area (Å²) in [4.78, 5) is 29.1. The van der Waals surface area contributed by atoms with Crippen LogP contribution in [0.3, 0.4) is 0 Å². The quantitative estimate of drug-likeness (QED) is 0.649. The first kappa shape index (κ1) is 21.2. The number of carbonyl (C=O) groups excluding carboxylic acids is 2. The van der Waals surface area contributed by atoms with Gasteiger partial charge >= 0.3 is 5.97 Å². The van der Waals surface area contributed by atoms with Crippen LogP contribution in [0.25, 0.3) is 0 Å². The number of carbonyl (C=O) groups is 2. The minimum absolute atomic E-state index is 0.186. The number of ether oxygens (including phenoxy) is 5. The number of amides is 1. The number of thioether (sulfide) groups is 1. The molecule has 0 spiro atoms. The van der Waals surface area contributed by atoms with Crippen LogP contribution in [0.2, 0.25) is 0 Å². The molecule has 0 bridgehead atoms. The molecule has 31 heavy (non-hydrogen) atoms. The second-order valence-corrected chi connectivity index (χ2v) is 8.02. The molecule has 0 saturated carbocycles. The number of hydrogen-bond donors (Lipinski definition) is 0. The Morgan fingerprint density at radius 1 is 0.871 bits per heavy atom. The average molecular weight is 445 g/mol. The van der Waals surface area contributed by atoms with E-state index in [1.807, 2.05) is 12.1 Å². The first-order chi connectivity index (χ1) is 15.0. The molecule has 0 N–H and O–H groups in total. The largest absolute Gasteiger partial charge is 0.493 e. The van der Waals surface area contributed by atoms with Crippen LogP contribution in [0.5, 0.6) is 23.0 Å². The van der Waals surface area contributed by atoms with Gasteiger partial charge in [0.25, 0.3) is 5.91 Å². The lowest BCUT2D eigenvalue weighted by molar-refractivity contribution is -0.144. The van der Waals surface area contributed by atoms with Gasteiger partial charge in [-0.05, 0) is 35.4 Å². The number of hydrogen-bond acceptors (Lipinski definition) is 8. The van der Waals surface area contributed by atoms with Gasteiger partial charge in [-0.2, -0.15) is 0 Å². The third-order valence-corrected chi connectivity index (χ3v) is 6.75. The van der Waals surface area contributed by atoms with E-state index in [0.29, 0.717) is 40.0 Å². The van der Waals surface area contributed by atoms with Gasteiger partial charge in [0, 0.05) is 10.5 Å². The molecule has 0 radical (unpaired) electrons. The standard InChI is InChI=1S/C22H23NO7S/c1-26-14-6-11-12(7-15(14)27-2)21(24)23-10-31-18-9-17(29-4)16(28-3)8-13(18)20(23)19(11)22(25)30-5/h6-9,19-20H,10H2,1-5H3/t19-,20+/m0/s1. The van der Waals surface area contributed by atoms with Crippen LogP contribution in [0.1, 0.15) is 33.4 Å². The summed E-state index contributed by atoms with van der Waals surface area (Å²) in [6.45, 7) is 0. The minimum atomic E-state index is -0.741. The summed E-state index contributed by atoms with van der Waals surface area (Å²) in [6, 6.07) is 6.46. The molecule has 0 aromatic heterocycles. The SMILES string of the molecule is COC(=O)[C@H]1c2cc(OC)c(OC)cc2C(=O)N2CSc3cc(OC)c(OC)cc3[C@H]12. The van der Waals surface area contributed by atoms with Gasteiger partial charge < -0.3 is 28.6 Å². The van der Waals surface area contributed by atoms with Crippen molar-refractivity contribution < 1.29 is 33.3 Å². The predicted molar refractivity (Wildman–Crippen MR) is 113 cm³/mol. The molecule has 2 heterocycles. The van der Waals surface area contributed by atoms with E-state index in [0.717, 1.165) is 10.5 Å². The van der Waals surface area contributed by atoms with Gasteiger partial charge in [0.2, 0.25) is 0 Å². The minimum Gasteiger partial charge on any atom is -0.493 e. The van der Waals surface area contributed by atoms with Crippen LogP contribution in [0, 0.1) is 0 Å². The zero-order valence-corrected chi connectivity index (χ0v) is 18.7. The molecule has 1 amide bonds. The molecule has 0 fully saturated rings. The molecule has 0 unspecified atom stereocenters. The third-order valence-electron chi connectivity index (χ3n) is 5.68. The van der Waals surface area contributed by atoms with Crippen molar-refractivity contribution in [1.82, 2.24) is 4.90 Å². The summed E-state index contributed by atoms with van der Waals surface area (Å²) in [6.07, 6.45) is 0. The molecular formula is C22H23NO7S. The molecular weight excluding hydrogens is 422 g/mol. The van der Waals surface area contributed by atoms with Crippen LogP contribution >= 0.6 is 11.8 Å². The Balaban J connectivity index is 1.96. The summed E-state index contributed by atoms with van der Waals surface area (Å²) < 4.78 is 26.9. The van der Waals surface area contributed by atoms with E-state index in [2.05, 4.69) is 0 Å². The lowest BCUT2D eigenvalue weighted by Gasteiger charge is -2.44. The number of esters is 1. The monoisotopic (exact) mass is 445 g/mol. The third kappa shape index (κ3) is 3.23. The van der Waals surface area contributed by atoms with Gasteiger partial charge in [0.1, 0.15) is 5.92 Å². The van der Waals surface area contributed by atoms with Crippen molar-refractivity contribution in [2.24, 2.45) is 0 Å². The van der Waals surface area contributed by atoms with E-state index < -0.39 is 17.9 Å². The van der Waals surface area contributed by atoms with Crippen molar-refractivity contribution in [3.05, 3.63) is 41.0 Å². The molecule has 2 aliphatic rings. The Hall–Kier alpha value is -3.07. The molecule has 2 aromatic carbocycles. The van der Waals surface area contributed by atoms with Gasteiger partial charge in [-0.3, -0.25) is 9.59 Å². The Labute approximate surface area is 184 Å². The first-order valence-corrected chi connectivity index (χ1v) is 10.5. The fourth-order valence-corrected chi connectivity index (χ4v) is 5.30. The van der Waals surface area contributed by atoms with E-state index in [1.165, 1.54) is 33.1 Å². The highest BCUT2D eigenvalue weighted by Crippen LogP contribution is 2.53. The maximum Gasteiger partial charge on any atom is 0.315 e. The molecule has 2 aromatic rings. The number of benzene rings is 2. The van der Waals surface area contributed by atoms with Crippen LogP contribution in [-0.4, -0.2) is 58.2 Å². The molecule has 4 rings (SSSR count). The maximum atomic E-state index is 13.5. The lowest BCUT2D eigenvalue weighted by Crippen LogP contribution is -2.46. The zero-order chi connectivity index (χ0) is 22.3. The Bertz CT molecular complexity index is 1050.